The van der Waals surface area contributed by atoms with E-state index >= 15 is 0 Å². The lowest BCUT2D eigenvalue weighted by molar-refractivity contribution is -0.117. The number of aromatic nitrogens is 2. The molecule has 0 fully saturated rings. The van der Waals surface area contributed by atoms with Gasteiger partial charge in [-0.2, -0.15) is 5.10 Å². The van der Waals surface area contributed by atoms with Crippen LogP contribution in [0.25, 0.3) is 10.8 Å². The first-order valence-corrected chi connectivity index (χ1v) is 8.12. The van der Waals surface area contributed by atoms with Crippen LogP contribution in [0.15, 0.2) is 47.4 Å². The second kappa shape index (κ2) is 7.77. The summed E-state index contributed by atoms with van der Waals surface area (Å²) in [6.45, 7) is -0.235. The quantitative estimate of drug-likeness (QED) is 0.715. The number of carbonyl (C=O) groups excluding carboxylic acids is 1. The van der Waals surface area contributed by atoms with Crippen LogP contribution in [0.4, 0.5) is 5.69 Å². The van der Waals surface area contributed by atoms with Crippen molar-refractivity contribution in [1.29, 1.82) is 0 Å². The summed E-state index contributed by atoms with van der Waals surface area (Å²) in [6.07, 6.45) is 1.51. The summed E-state index contributed by atoms with van der Waals surface area (Å²) >= 11 is 0. The van der Waals surface area contributed by atoms with E-state index in [4.69, 9.17) is 14.2 Å². The van der Waals surface area contributed by atoms with E-state index in [-0.39, 0.29) is 12.5 Å². The van der Waals surface area contributed by atoms with E-state index in [2.05, 4.69) is 10.4 Å². The van der Waals surface area contributed by atoms with Crippen LogP contribution in [0.3, 0.4) is 0 Å². The van der Waals surface area contributed by atoms with Crippen molar-refractivity contribution in [2.75, 3.05) is 26.6 Å². The molecule has 0 radical (unpaired) electrons. The smallest absolute Gasteiger partial charge is 0.279 e. The van der Waals surface area contributed by atoms with Gasteiger partial charge in [0.15, 0.2) is 11.5 Å². The normalized spacial score (nSPS) is 10.5. The molecule has 0 aliphatic heterocycles. The number of methoxy groups -OCH3 is 3. The standard InChI is InChI=1S/C19H19N3O5/c1-25-14-7-5-13(6-8-14)21-16(23)11-22-19(24)17-12(10-20-22)4-9-15(26-2)18(17)27-3/h4-10H,11H2,1-3H3,(H,21,23). The molecule has 0 aliphatic rings. The first-order chi connectivity index (χ1) is 13.1. The predicted molar refractivity (Wildman–Crippen MR) is 101 cm³/mol. The molecule has 3 aromatic rings. The molecule has 1 heterocycles. The Morgan fingerprint density at radius 2 is 1.78 bits per heavy atom. The lowest BCUT2D eigenvalue weighted by atomic mass is 10.1. The van der Waals surface area contributed by atoms with Crippen molar-refractivity contribution in [2.45, 2.75) is 6.54 Å². The third kappa shape index (κ3) is 3.69. The van der Waals surface area contributed by atoms with Gasteiger partial charge < -0.3 is 19.5 Å². The molecule has 8 nitrogen and oxygen atoms in total. The van der Waals surface area contributed by atoms with Gasteiger partial charge in [-0.15, -0.1) is 0 Å². The van der Waals surface area contributed by atoms with E-state index < -0.39 is 5.56 Å². The Morgan fingerprint density at radius 1 is 1.04 bits per heavy atom. The zero-order valence-corrected chi connectivity index (χ0v) is 15.2. The fourth-order valence-electron chi connectivity index (χ4n) is 2.71. The molecule has 0 aliphatic carbocycles. The minimum atomic E-state index is -0.437. The van der Waals surface area contributed by atoms with Gasteiger partial charge in [-0.1, -0.05) is 0 Å². The van der Waals surface area contributed by atoms with Crippen LogP contribution in [0.1, 0.15) is 0 Å². The number of hydrogen-bond acceptors (Lipinski definition) is 6. The number of hydrogen-bond donors (Lipinski definition) is 1. The van der Waals surface area contributed by atoms with Crippen molar-refractivity contribution in [3.05, 3.63) is 52.9 Å². The molecule has 8 heteroatoms. The van der Waals surface area contributed by atoms with Crippen molar-refractivity contribution < 1.29 is 19.0 Å². The fourth-order valence-corrected chi connectivity index (χ4v) is 2.71. The molecule has 140 valence electrons. The number of ether oxygens (including phenoxy) is 3. The van der Waals surface area contributed by atoms with E-state index in [1.54, 1.807) is 43.5 Å². The Balaban J connectivity index is 1.89. The third-order valence-corrected chi connectivity index (χ3v) is 4.03. The highest BCUT2D eigenvalue weighted by molar-refractivity contribution is 5.92. The Hall–Kier alpha value is -3.55. The van der Waals surface area contributed by atoms with E-state index in [9.17, 15) is 9.59 Å². The minimum Gasteiger partial charge on any atom is -0.497 e. The summed E-state index contributed by atoms with van der Waals surface area (Å²) < 4.78 is 16.7. The minimum absolute atomic E-state index is 0.235. The van der Waals surface area contributed by atoms with Crippen molar-refractivity contribution in [3.8, 4) is 17.2 Å². The van der Waals surface area contributed by atoms with Crippen LogP contribution in [0.2, 0.25) is 0 Å². The predicted octanol–water partition coefficient (Wildman–Crippen LogP) is 2.06. The summed E-state index contributed by atoms with van der Waals surface area (Å²) in [7, 11) is 4.51. The number of nitrogens with one attached hydrogen (secondary N) is 1. The average molecular weight is 369 g/mol. The van der Waals surface area contributed by atoms with Gasteiger partial charge in [0.2, 0.25) is 5.91 Å². The molecule has 27 heavy (non-hydrogen) atoms. The van der Waals surface area contributed by atoms with E-state index in [1.807, 2.05) is 0 Å². The van der Waals surface area contributed by atoms with Gasteiger partial charge in [0.25, 0.3) is 5.56 Å². The van der Waals surface area contributed by atoms with Crippen LogP contribution in [0.5, 0.6) is 17.2 Å². The van der Waals surface area contributed by atoms with Crippen LogP contribution >= 0.6 is 0 Å². The molecule has 0 atom stereocenters. The molecule has 0 saturated carbocycles. The number of fused-ring (bicyclic) bond motifs is 1. The van der Waals surface area contributed by atoms with Gasteiger partial charge in [0, 0.05) is 11.1 Å². The maximum atomic E-state index is 12.8. The summed E-state index contributed by atoms with van der Waals surface area (Å²) in [5.74, 6) is 1.05. The van der Waals surface area contributed by atoms with Crippen molar-refractivity contribution >= 4 is 22.4 Å². The van der Waals surface area contributed by atoms with Crippen LogP contribution in [-0.2, 0) is 11.3 Å². The topological polar surface area (TPSA) is 91.7 Å². The Kier molecular flexibility index (Phi) is 5.25. The highest BCUT2D eigenvalue weighted by Crippen LogP contribution is 2.32. The van der Waals surface area contributed by atoms with Gasteiger partial charge in [0.1, 0.15) is 12.3 Å². The number of carbonyl (C=O) groups is 1. The van der Waals surface area contributed by atoms with Crippen LogP contribution < -0.4 is 25.1 Å². The van der Waals surface area contributed by atoms with Crippen LogP contribution in [0, 0.1) is 0 Å². The molecule has 1 aromatic heterocycles. The fraction of sp³-hybridized carbons (Fsp3) is 0.211. The zero-order chi connectivity index (χ0) is 19.4. The molecule has 1 N–H and O–H groups in total. The van der Waals surface area contributed by atoms with E-state index in [1.165, 1.54) is 20.4 Å². The Labute approximate surface area is 155 Å². The molecule has 3 rings (SSSR count). The van der Waals surface area contributed by atoms with Crippen LogP contribution in [-0.4, -0.2) is 37.0 Å². The third-order valence-electron chi connectivity index (χ3n) is 4.03. The Bertz CT molecular complexity index is 1030. The first kappa shape index (κ1) is 18.2. The monoisotopic (exact) mass is 369 g/mol. The largest absolute Gasteiger partial charge is 0.497 e. The van der Waals surface area contributed by atoms with Gasteiger partial charge in [-0.25, -0.2) is 4.68 Å². The summed E-state index contributed by atoms with van der Waals surface area (Å²) in [4.78, 5) is 25.1. The van der Waals surface area contributed by atoms with Gasteiger partial charge >= 0.3 is 0 Å². The number of amides is 1. The molecular weight excluding hydrogens is 350 g/mol. The average Bonchev–Trinajstić information content (AvgIpc) is 2.69. The van der Waals surface area contributed by atoms with Crippen molar-refractivity contribution in [2.24, 2.45) is 0 Å². The molecule has 0 saturated heterocycles. The van der Waals surface area contributed by atoms with Gasteiger partial charge in [0.05, 0.1) is 32.9 Å². The Morgan fingerprint density at radius 3 is 2.41 bits per heavy atom. The molecule has 2 aromatic carbocycles. The van der Waals surface area contributed by atoms with Gasteiger partial charge in [-0.3, -0.25) is 9.59 Å². The maximum absolute atomic E-state index is 12.8. The highest BCUT2D eigenvalue weighted by atomic mass is 16.5. The molecule has 0 unspecified atom stereocenters. The summed E-state index contributed by atoms with van der Waals surface area (Å²) in [6, 6.07) is 10.3. The van der Waals surface area contributed by atoms with Crippen molar-refractivity contribution in [1.82, 2.24) is 9.78 Å². The van der Waals surface area contributed by atoms with E-state index in [0.717, 1.165) is 4.68 Å². The highest BCUT2D eigenvalue weighted by Gasteiger charge is 2.16. The second-order valence-electron chi connectivity index (χ2n) is 5.65. The summed E-state index contributed by atoms with van der Waals surface area (Å²) in [5, 5.41) is 7.70. The zero-order valence-electron chi connectivity index (χ0n) is 15.2. The number of nitrogens with zero attached hydrogens (tertiary/aromatic N) is 2. The molecule has 0 bridgehead atoms. The number of benzene rings is 2. The lowest BCUT2D eigenvalue weighted by Crippen LogP contribution is -2.29. The lowest BCUT2D eigenvalue weighted by Gasteiger charge is -2.12. The van der Waals surface area contributed by atoms with Crippen molar-refractivity contribution in [3.63, 3.8) is 0 Å². The summed E-state index contributed by atoms with van der Waals surface area (Å²) in [5.41, 5.74) is 0.155. The molecule has 1 amide bonds. The maximum Gasteiger partial charge on any atom is 0.279 e. The SMILES string of the molecule is COc1ccc(NC(=O)Cn2ncc3ccc(OC)c(OC)c3c2=O)cc1. The molecular formula is C19H19N3O5. The second-order valence-corrected chi connectivity index (χ2v) is 5.65. The number of rotatable bonds is 6. The molecule has 0 spiro atoms. The first-order valence-electron chi connectivity index (χ1n) is 8.12. The van der Waals surface area contributed by atoms with Gasteiger partial charge in [-0.05, 0) is 36.4 Å². The van der Waals surface area contributed by atoms with E-state index in [0.29, 0.717) is 33.7 Å². The number of anilines is 1.